The number of aromatic nitrogens is 3. The van der Waals surface area contributed by atoms with Crippen molar-refractivity contribution in [1.29, 1.82) is 0 Å². The quantitative estimate of drug-likeness (QED) is 0.729. The van der Waals surface area contributed by atoms with Crippen molar-refractivity contribution in [2.75, 3.05) is 0 Å². The molecule has 0 aromatic carbocycles. The van der Waals surface area contributed by atoms with Crippen LogP contribution in [0.25, 0.3) is 0 Å². The molecule has 0 aliphatic carbocycles. The maximum atomic E-state index is 11.3. The van der Waals surface area contributed by atoms with E-state index in [4.69, 9.17) is 0 Å². The number of hydrogen-bond donors (Lipinski definition) is 1. The highest BCUT2D eigenvalue weighted by Crippen LogP contribution is 2.03. The van der Waals surface area contributed by atoms with Crippen LogP contribution >= 0.6 is 0 Å². The minimum Gasteiger partial charge on any atom is -0.257 e. The molecule has 0 bridgehead atoms. The molecular weight excluding hydrogens is 170 g/mol. The van der Waals surface area contributed by atoms with Crippen molar-refractivity contribution in [2.45, 2.75) is 39.8 Å². The van der Waals surface area contributed by atoms with Crippen molar-refractivity contribution in [2.24, 2.45) is 0 Å². The van der Waals surface area contributed by atoms with Crippen LogP contribution in [0.2, 0.25) is 0 Å². The summed E-state index contributed by atoms with van der Waals surface area (Å²) in [5.41, 5.74) is -0.678. The molecule has 0 fully saturated rings. The van der Waals surface area contributed by atoms with E-state index in [1.54, 1.807) is 0 Å². The van der Waals surface area contributed by atoms with Crippen LogP contribution in [-0.4, -0.2) is 14.3 Å². The molecule has 0 atom stereocenters. The van der Waals surface area contributed by atoms with Crippen LogP contribution in [-0.2, 0) is 0 Å². The van der Waals surface area contributed by atoms with Gasteiger partial charge in [-0.1, -0.05) is 0 Å². The second kappa shape index (κ2) is 3.24. The molecule has 1 aromatic rings. The highest BCUT2D eigenvalue weighted by Gasteiger charge is 2.13. The lowest BCUT2D eigenvalue weighted by atomic mass is 10.4. The topological polar surface area (TPSA) is 59.8 Å². The second-order valence-electron chi connectivity index (χ2n) is 3.61. The molecule has 0 unspecified atom stereocenters. The molecule has 0 aliphatic heterocycles. The molecule has 74 valence electrons. The van der Waals surface area contributed by atoms with Gasteiger partial charge in [-0.15, -0.1) is 0 Å². The maximum absolute atomic E-state index is 11.3. The molecule has 0 radical (unpaired) electrons. The van der Waals surface area contributed by atoms with E-state index >= 15 is 0 Å². The van der Waals surface area contributed by atoms with Crippen molar-refractivity contribution in [3.05, 3.63) is 21.0 Å². The zero-order valence-corrected chi connectivity index (χ0v) is 8.37. The number of hydrogen-bond acceptors (Lipinski definition) is 2. The zero-order chi connectivity index (χ0) is 10.2. The Hall–Kier alpha value is -1.26. The zero-order valence-electron chi connectivity index (χ0n) is 8.37. The Morgan fingerprint density at radius 2 is 1.23 bits per heavy atom. The molecule has 1 N–H and O–H groups in total. The molecule has 5 nitrogen and oxygen atoms in total. The van der Waals surface area contributed by atoms with Crippen LogP contribution < -0.4 is 11.4 Å². The van der Waals surface area contributed by atoms with Gasteiger partial charge >= 0.3 is 11.4 Å². The van der Waals surface area contributed by atoms with Gasteiger partial charge in [0.15, 0.2) is 0 Å². The number of nitrogens with one attached hydrogen (secondary N) is 1. The first-order valence-electron chi connectivity index (χ1n) is 4.38. The van der Waals surface area contributed by atoms with Gasteiger partial charge in [0.2, 0.25) is 0 Å². The van der Waals surface area contributed by atoms with E-state index in [2.05, 4.69) is 4.98 Å². The van der Waals surface area contributed by atoms with E-state index in [0.29, 0.717) is 0 Å². The normalized spacial score (nSPS) is 11.5. The standard InChI is InChI=1S/C8H15N3O2/c1-5(2)10-7(12)9-8(13)11(10)6(3)4/h5-6H,1-4H3,(H,9,12,13). The molecule has 1 aromatic heterocycles. The van der Waals surface area contributed by atoms with Crippen molar-refractivity contribution in [1.82, 2.24) is 14.3 Å². The van der Waals surface area contributed by atoms with E-state index in [1.807, 2.05) is 27.7 Å². The Morgan fingerprint density at radius 1 is 0.923 bits per heavy atom. The van der Waals surface area contributed by atoms with E-state index in [0.717, 1.165) is 0 Å². The average Bonchev–Trinajstić information content (AvgIpc) is 2.24. The van der Waals surface area contributed by atoms with Gasteiger partial charge < -0.3 is 0 Å². The number of nitrogens with zero attached hydrogens (tertiary/aromatic N) is 2. The summed E-state index contributed by atoms with van der Waals surface area (Å²) in [7, 11) is 0. The first-order valence-corrected chi connectivity index (χ1v) is 4.38. The summed E-state index contributed by atoms with van der Waals surface area (Å²) in [6.07, 6.45) is 0. The smallest absolute Gasteiger partial charge is 0.257 e. The molecule has 1 heterocycles. The SMILES string of the molecule is CC(C)n1c(=O)[nH]c(=O)n1C(C)C. The second-order valence-corrected chi connectivity index (χ2v) is 3.61. The van der Waals surface area contributed by atoms with Crippen molar-refractivity contribution in [3.63, 3.8) is 0 Å². The minimum atomic E-state index is -0.339. The Labute approximate surface area is 76.0 Å². The fraction of sp³-hybridized carbons (Fsp3) is 0.750. The molecule has 1 rings (SSSR count). The van der Waals surface area contributed by atoms with E-state index < -0.39 is 0 Å². The van der Waals surface area contributed by atoms with Gasteiger partial charge in [-0.25, -0.2) is 19.0 Å². The summed E-state index contributed by atoms with van der Waals surface area (Å²) < 4.78 is 2.88. The van der Waals surface area contributed by atoms with E-state index in [1.165, 1.54) is 9.36 Å². The lowest BCUT2D eigenvalue weighted by Crippen LogP contribution is -2.29. The maximum Gasteiger partial charge on any atom is 0.344 e. The van der Waals surface area contributed by atoms with Crippen LogP contribution in [0.5, 0.6) is 0 Å². The highest BCUT2D eigenvalue weighted by molar-refractivity contribution is 4.73. The molecule has 0 amide bonds. The van der Waals surface area contributed by atoms with Crippen molar-refractivity contribution in [3.8, 4) is 0 Å². The third-order valence-corrected chi connectivity index (χ3v) is 1.84. The van der Waals surface area contributed by atoms with E-state index in [9.17, 15) is 9.59 Å². The minimum absolute atomic E-state index is 0.00569. The molecule has 0 spiro atoms. The van der Waals surface area contributed by atoms with Crippen LogP contribution in [0.1, 0.15) is 39.8 Å². The Morgan fingerprint density at radius 3 is 1.46 bits per heavy atom. The summed E-state index contributed by atoms with van der Waals surface area (Å²) in [6, 6.07) is -0.0114. The lowest BCUT2D eigenvalue weighted by molar-refractivity contribution is 0.357. The first-order chi connectivity index (χ1) is 5.95. The van der Waals surface area contributed by atoms with Crippen LogP contribution in [0, 0.1) is 0 Å². The van der Waals surface area contributed by atoms with Crippen LogP contribution in [0.3, 0.4) is 0 Å². The number of H-pyrrole nitrogens is 1. The summed E-state index contributed by atoms with van der Waals surface area (Å²) in [6.45, 7) is 7.47. The summed E-state index contributed by atoms with van der Waals surface area (Å²) >= 11 is 0. The van der Waals surface area contributed by atoms with Gasteiger partial charge in [0.25, 0.3) is 0 Å². The Bertz CT molecular complexity index is 358. The fourth-order valence-corrected chi connectivity index (χ4v) is 1.37. The largest absolute Gasteiger partial charge is 0.344 e. The Kier molecular flexibility index (Phi) is 2.45. The fourth-order valence-electron chi connectivity index (χ4n) is 1.37. The predicted molar refractivity (Wildman–Crippen MR) is 50.1 cm³/mol. The third-order valence-electron chi connectivity index (χ3n) is 1.84. The monoisotopic (exact) mass is 185 g/mol. The first kappa shape index (κ1) is 9.83. The van der Waals surface area contributed by atoms with Crippen molar-refractivity contribution >= 4 is 0 Å². The third kappa shape index (κ3) is 1.59. The van der Waals surface area contributed by atoms with Crippen LogP contribution in [0.4, 0.5) is 0 Å². The summed E-state index contributed by atoms with van der Waals surface area (Å²) in [4.78, 5) is 24.8. The predicted octanol–water partition coefficient (Wildman–Crippen LogP) is 0.500. The number of aromatic amines is 1. The van der Waals surface area contributed by atoms with E-state index in [-0.39, 0.29) is 23.5 Å². The van der Waals surface area contributed by atoms with Gasteiger partial charge in [-0.05, 0) is 27.7 Å². The molecule has 5 heteroatoms. The average molecular weight is 185 g/mol. The van der Waals surface area contributed by atoms with Gasteiger partial charge in [0.1, 0.15) is 0 Å². The Balaban J connectivity index is 3.48. The molecular formula is C8H15N3O2. The van der Waals surface area contributed by atoms with Gasteiger partial charge in [0.05, 0.1) is 0 Å². The lowest BCUT2D eigenvalue weighted by Gasteiger charge is -2.15. The summed E-state index contributed by atoms with van der Waals surface area (Å²) in [5.74, 6) is 0. The molecule has 0 saturated heterocycles. The van der Waals surface area contributed by atoms with Crippen LogP contribution in [0.15, 0.2) is 9.59 Å². The molecule has 0 aliphatic rings. The number of rotatable bonds is 2. The molecule has 0 saturated carbocycles. The summed E-state index contributed by atoms with van der Waals surface area (Å²) in [5, 5.41) is 0. The van der Waals surface area contributed by atoms with Gasteiger partial charge in [-0.3, -0.25) is 4.98 Å². The molecule has 13 heavy (non-hydrogen) atoms. The van der Waals surface area contributed by atoms with Gasteiger partial charge in [0, 0.05) is 12.1 Å². The van der Waals surface area contributed by atoms with Crippen molar-refractivity contribution < 1.29 is 0 Å². The van der Waals surface area contributed by atoms with Gasteiger partial charge in [-0.2, -0.15) is 0 Å². The highest BCUT2D eigenvalue weighted by atomic mass is 16.2.